The second kappa shape index (κ2) is 8.79. The van der Waals surface area contributed by atoms with Crippen molar-refractivity contribution in [2.45, 2.75) is 0 Å². The number of amides is 2. The maximum Gasteiger partial charge on any atom is 0.337 e. The first-order valence-electron chi connectivity index (χ1n) is 8.63. The standard InChI is InChI=1S/C22H17FN2O4/c1-29-22(28)14-9-11-17(12-10-14)24-20(26)15-5-4-6-16(13-15)21(27)25-19-8-3-2-7-18(19)23/h2-13H,1H3,(H,24,26)(H,25,27). The summed E-state index contributed by atoms with van der Waals surface area (Å²) in [5, 5.41) is 5.16. The van der Waals surface area contributed by atoms with Crippen LogP contribution in [0.4, 0.5) is 15.8 Å². The molecule has 3 aromatic rings. The van der Waals surface area contributed by atoms with Crippen LogP contribution < -0.4 is 10.6 Å². The van der Waals surface area contributed by atoms with Crippen LogP contribution in [0.15, 0.2) is 72.8 Å². The van der Waals surface area contributed by atoms with Gasteiger partial charge in [0.05, 0.1) is 18.4 Å². The van der Waals surface area contributed by atoms with Gasteiger partial charge >= 0.3 is 5.97 Å². The Morgan fingerprint density at radius 2 is 1.38 bits per heavy atom. The maximum absolute atomic E-state index is 13.7. The van der Waals surface area contributed by atoms with Crippen molar-refractivity contribution in [2.75, 3.05) is 17.7 Å². The third-order valence-corrected chi connectivity index (χ3v) is 4.07. The monoisotopic (exact) mass is 392 g/mol. The number of esters is 1. The maximum atomic E-state index is 13.7. The Morgan fingerprint density at radius 1 is 0.759 bits per heavy atom. The van der Waals surface area contributed by atoms with E-state index in [0.29, 0.717) is 11.3 Å². The zero-order valence-corrected chi connectivity index (χ0v) is 15.4. The molecular weight excluding hydrogens is 375 g/mol. The van der Waals surface area contributed by atoms with Crippen molar-refractivity contribution >= 4 is 29.2 Å². The van der Waals surface area contributed by atoms with Gasteiger partial charge in [-0.2, -0.15) is 0 Å². The van der Waals surface area contributed by atoms with Gasteiger partial charge in [-0.3, -0.25) is 9.59 Å². The highest BCUT2D eigenvalue weighted by molar-refractivity contribution is 6.08. The van der Waals surface area contributed by atoms with Crippen LogP contribution in [0.2, 0.25) is 0 Å². The van der Waals surface area contributed by atoms with Gasteiger partial charge in [0, 0.05) is 16.8 Å². The van der Waals surface area contributed by atoms with E-state index in [2.05, 4.69) is 15.4 Å². The molecule has 6 nitrogen and oxygen atoms in total. The van der Waals surface area contributed by atoms with Crippen LogP contribution in [0.25, 0.3) is 0 Å². The fourth-order valence-electron chi connectivity index (χ4n) is 2.57. The molecule has 0 saturated carbocycles. The first kappa shape index (κ1) is 19.8. The van der Waals surface area contributed by atoms with E-state index in [-0.39, 0.29) is 16.8 Å². The molecule has 2 amide bonds. The number of rotatable bonds is 5. The average Bonchev–Trinajstić information content (AvgIpc) is 2.75. The summed E-state index contributed by atoms with van der Waals surface area (Å²) in [5.41, 5.74) is 1.35. The van der Waals surface area contributed by atoms with Gasteiger partial charge in [0.1, 0.15) is 5.82 Å². The molecule has 0 saturated heterocycles. The van der Waals surface area contributed by atoms with E-state index in [1.165, 1.54) is 49.6 Å². The van der Waals surface area contributed by atoms with Gasteiger partial charge in [0.25, 0.3) is 11.8 Å². The quantitative estimate of drug-likeness (QED) is 0.640. The molecule has 2 N–H and O–H groups in total. The first-order chi connectivity index (χ1) is 14.0. The van der Waals surface area contributed by atoms with E-state index in [9.17, 15) is 18.8 Å². The summed E-state index contributed by atoms with van der Waals surface area (Å²) in [6, 6.07) is 18.1. The van der Waals surface area contributed by atoms with E-state index in [0.717, 1.165) is 0 Å². The molecular formula is C22H17FN2O4. The van der Waals surface area contributed by atoms with Crippen LogP contribution in [0.1, 0.15) is 31.1 Å². The number of anilines is 2. The minimum atomic E-state index is -0.551. The van der Waals surface area contributed by atoms with E-state index in [1.807, 2.05) is 0 Å². The van der Waals surface area contributed by atoms with Crippen molar-refractivity contribution in [3.63, 3.8) is 0 Å². The van der Waals surface area contributed by atoms with Crippen molar-refractivity contribution in [3.05, 3.63) is 95.3 Å². The van der Waals surface area contributed by atoms with Gasteiger partial charge in [0.2, 0.25) is 0 Å². The summed E-state index contributed by atoms with van der Waals surface area (Å²) in [7, 11) is 1.29. The van der Waals surface area contributed by atoms with Gasteiger partial charge in [-0.15, -0.1) is 0 Å². The molecule has 0 atom stereocenters. The molecule has 0 heterocycles. The summed E-state index contributed by atoms with van der Waals surface area (Å²) in [4.78, 5) is 36.3. The number of methoxy groups -OCH3 is 1. The second-order valence-corrected chi connectivity index (χ2v) is 6.04. The number of nitrogens with one attached hydrogen (secondary N) is 2. The molecule has 0 aromatic heterocycles. The van der Waals surface area contributed by atoms with Crippen molar-refractivity contribution in [1.82, 2.24) is 0 Å². The predicted octanol–water partition coefficient (Wildman–Crippen LogP) is 4.12. The number of ether oxygens (including phenoxy) is 1. The highest BCUT2D eigenvalue weighted by Crippen LogP contribution is 2.16. The van der Waals surface area contributed by atoms with Crippen molar-refractivity contribution in [1.29, 1.82) is 0 Å². The van der Waals surface area contributed by atoms with Gasteiger partial charge in [-0.05, 0) is 54.6 Å². The molecule has 7 heteroatoms. The zero-order chi connectivity index (χ0) is 20.8. The minimum Gasteiger partial charge on any atom is -0.465 e. The van der Waals surface area contributed by atoms with Crippen LogP contribution in [-0.4, -0.2) is 24.9 Å². The Morgan fingerprint density at radius 3 is 2.00 bits per heavy atom. The summed E-state index contributed by atoms with van der Waals surface area (Å²) < 4.78 is 18.3. The smallest absolute Gasteiger partial charge is 0.337 e. The minimum absolute atomic E-state index is 0.0538. The molecule has 0 bridgehead atoms. The van der Waals surface area contributed by atoms with Gasteiger partial charge in [-0.1, -0.05) is 18.2 Å². The highest BCUT2D eigenvalue weighted by Gasteiger charge is 2.13. The lowest BCUT2D eigenvalue weighted by atomic mass is 10.1. The number of hydrogen-bond donors (Lipinski definition) is 2. The van der Waals surface area contributed by atoms with Crippen LogP contribution in [-0.2, 0) is 4.74 Å². The number of carbonyl (C=O) groups is 3. The molecule has 0 unspecified atom stereocenters. The number of carbonyl (C=O) groups excluding carboxylic acids is 3. The van der Waals surface area contributed by atoms with Gasteiger partial charge < -0.3 is 15.4 Å². The molecule has 0 aliphatic heterocycles. The summed E-state index contributed by atoms with van der Waals surface area (Å²) in [5.74, 6) is -2.00. The van der Waals surface area contributed by atoms with Crippen molar-refractivity contribution in [2.24, 2.45) is 0 Å². The lowest BCUT2D eigenvalue weighted by molar-refractivity contribution is 0.0600. The van der Waals surface area contributed by atoms with E-state index in [4.69, 9.17) is 0 Å². The molecule has 3 rings (SSSR count). The molecule has 0 aliphatic carbocycles. The zero-order valence-electron chi connectivity index (χ0n) is 15.4. The van der Waals surface area contributed by atoms with E-state index >= 15 is 0 Å². The predicted molar refractivity (Wildman–Crippen MR) is 107 cm³/mol. The fourth-order valence-corrected chi connectivity index (χ4v) is 2.57. The topological polar surface area (TPSA) is 84.5 Å². The second-order valence-electron chi connectivity index (χ2n) is 6.04. The Kier molecular flexibility index (Phi) is 5.99. The Bertz CT molecular complexity index is 1060. The summed E-state index contributed by atoms with van der Waals surface area (Å²) in [6.45, 7) is 0. The molecule has 3 aromatic carbocycles. The SMILES string of the molecule is COC(=O)c1ccc(NC(=O)c2cccc(C(=O)Nc3ccccc3F)c2)cc1. The first-order valence-corrected chi connectivity index (χ1v) is 8.63. The number of halogens is 1. The van der Waals surface area contributed by atoms with Crippen molar-refractivity contribution < 1.29 is 23.5 Å². The average molecular weight is 392 g/mol. The Balaban J connectivity index is 1.71. The molecule has 0 fully saturated rings. The molecule has 0 spiro atoms. The third-order valence-electron chi connectivity index (χ3n) is 4.07. The van der Waals surface area contributed by atoms with Gasteiger partial charge in [0.15, 0.2) is 0 Å². The highest BCUT2D eigenvalue weighted by atomic mass is 19.1. The summed E-state index contributed by atoms with van der Waals surface area (Å²) >= 11 is 0. The van der Waals surface area contributed by atoms with Crippen LogP contribution in [0.3, 0.4) is 0 Å². The lowest BCUT2D eigenvalue weighted by Crippen LogP contribution is -2.16. The molecule has 146 valence electrons. The largest absolute Gasteiger partial charge is 0.465 e. The lowest BCUT2D eigenvalue weighted by Gasteiger charge is -2.09. The fraction of sp³-hybridized carbons (Fsp3) is 0.0455. The van der Waals surface area contributed by atoms with Crippen LogP contribution >= 0.6 is 0 Å². The number of benzene rings is 3. The van der Waals surface area contributed by atoms with Gasteiger partial charge in [-0.25, -0.2) is 9.18 Å². The number of para-hydroxylation sites is 1. The van der Waals surface area contributed by atoms with Crippen LogP contribution in [0.5, 0.6) is 0 Å². The third kappa shape index (κ3) is 4.84. The van der Waals surface area contributed by atoms with Crippen molar-refractivity contribution in [3.8, 4) is 0 Å². The van der Waals surface area contributed by atoms with Crippen LogP contribution in [0, 0.1) is 5.82 Å². The van der Waals surface area contributed by atoms with E-state index < -0.39 is 23.6 Å². The molecule has 29 heavy (non-hydrogen) atoms. The number of hydrogen-bond acceptors (Lipinski definition) is 4. The Labute approximate surface area is 166 Å². The molecule has 0 radical (unpaired) electrons. The molecule has 0 aliphatic rings. The Hall–Kier alpha value is -4.00. The van der Waals surface area contributed by atoms with E-state index in [1.54, 1.807) is 30.3 Å². The normalized spacial score (nSPS) is 10.1. The summed E-state index contributed by atoms with van der Waals surface area (Å²) in [6.07, 6.45) is 0.